The molecule has 10 heteroatoms. The van der Waals surface area contributed by atoms with Crippen LogP contribution in [0.25, 0.3) is 22.3 Å². The summed E-state index contributed by atoms with van der Waals surface area (Å²) in [6, 6.07) is 5.23. The van der Waals surface area contributed by atoms with Crippen LogP contribution in [-0.2, 0) is 18.4 Å². The molecule has 1 amide bonds. The Hall–Kier alpha value is -3.79. The number of aromatic nitrogens is 5. The van der Waals surface area contributed by atoms with Gasteiger partial charge in [-0.15, -0.1) is 0 Å². The smallest absolute Gasteiger partial charge is 0.242 e. The van der Waals surface area contributed by atoms with Gasteiger partial charge in [-0.2, -0.15) is 5.10 Å². The molecular weight excluding hydrogens is 416 g/mol. The molecule has 1 aromatic carbocycles. The summed E-state index contributed by atoms with van der Waals surface area (Å²) in [6.45, 7) is 1.17. The number of aryl methyl sites for hydroxylation is 1. The second kappa shape index (κ2) is 8.04. The van der Waals surface area contributed by atoms with Crippen LogP contribution in [0.1, 0.15) is 5.56 Å². The molecule has 1 aliphatic heterocycles. The normalized spacial score (nSPS) is 15.0. The van der Waals surface area contributed by atoms with E-state index in [4.69, 9.17) is 9.97 Å². The predicted octanol–water partition coefficient (Wildman–Crippen LogP) is 2.55. The lowest BCUT2D eigenvalue weighted by Crippen LogP contribution is -2.50. The molecule has 0 aliphatic carbocycles. The molecule has 1 fully saturated rings. The van der Waals surface area contributed by atoms with Crippen molar-refractivity contribution in [2.45, 2.75) is 6.54 Å². The minimum absolute atomic E-state index is 0.0827. The maximum absolute atomic E-state index is 14.0. The van der Waals surface area contributed by atoms with Crippen LogP contribution in [0, 0.1) is 11.6 Å². The van der Waals surface area contributed by atoms with Gasteiger partial charge < -0.3 is 0 Å². The first kappa shape index (κ1) is 20.1. The standard InChI is InChI=1S/C22H19F2N7O/c1-29-11-15(9-26-29)21-22(28-18-4-5-25-10-19(18)27-21)31-7-6-30(13-20(31)32)12-14-2-3-16(23)8-17(14)24/h2-5,8-11H,6-7,12-13H2,1H3. The van der Waals surface area contributed by atoms with Crippen LogP contribution in [0.3, 0.4) is 0 Å². The van der Waals surface area contributed by atoms with Crippen LogP contribution in [0.2, 0.25) is 0 Å². The Morgan fingerprint density at radius 1 is 1.06 bits per heavy atom. The van der Waals surface area contributed by atoms with Crippen LogP contribution in [-0.4, -0.2) is 55.2 Å². The second-order valence-electron chi connectivity index (χ2n) is 7.65. The second-order valence-corrected chi connectivity index (χ2v) is 7.65. The number of fused-ring (bicyclic) bond motifs is 1. The number of benzene rings is 1. The molecule has 0 N–H and O–H groups in total. The van der Waals surface area contributed by atoms with E-state index in [1.54, 1.807) is 41.3 Å². The minimum Gasteiger partial charge on any atom is -0.293 e. The number of anilines is 1. The van der Waals surface area contributed by atoms with Crippen molar-refractivity contribution in [1.29, 1.82) is 0 Å². The number of halogens is 2. The summed E-state index contributed by atoms with van der Waals surface area (Å²) in [4.78, 5) is 30.0. The molecule has 0 spiro atoms. The minimum atomic E-state index is -0.625. The van der Waals surface area contributed by atoms with E-state index in [1.807, 2.05) is 11.1 Å². The van der Waals surface area contributed by atoms with Gasteiger partial charge in [0.15, 0.2) is 5.82 Å². The Bertz CT molecular complexity index is 1320. The number of piperazine rings is 1. The molecule has 8 nitrogen and oxygen atoms in total. The van der Waals surface area contributed by atoms with E-state index >= 15 is 0 Å². The molecule has 32 heavy (non-hydrogen) atoms. The van der Waals surface area contributed by atoms with Crippen LogP contribution in [0.15, 0.2) is 49.1 Å². The molecule has 0 atom stereocenters. The molecule has 0 bridgehead atoms. The molecule has 4 aromatic rings. The lowest BCUT2D eigenvalue weighted by Gasteiger charge is -2.34. The van der Waals surface area contributed by atoms with E-state index in [-0.39, 0.29) is 19.0 Å². The summed E-state index contributed by atoms with van der Waals surface area (Å²) in [7, 11) is 1.80. The number of carbonyl (C=O) groups is 1. The predicted molar refractivity (Wildman–Crippen MR) is 114 cm³/mol. The van der Waals surface area contributed by atoms with Crippen LogP contribution in [0.5, 0.6) is 0 Å². The van der Waals surface area contributed by atoms with Gasteiger partial charge in [0.05, 0.1) is 24.5 Å². The molecule has 0 radical (unpaired) electrons. The summed E-state index contributed by atoms with van der Waals surface area (Å²) in [6.07, 6.45) is 6.74. The summed E-state index contributed by atoms with van der Waals surface area (Å²) < 4.78 is 28.9. The van der Waals surface area contributed by atoms with Gasteiger partial charge in [-0.1, -0.05) is 6.07 Å². The van der Waals surface area contributed by atoms with E-state index in [1.165, 1.54) is 12.1 Å². The Balaban J connectivity index is 1.45. The van der Waals surface area contributed by atoms with Crippen molar-refractivity contribution in [1.82, 2.24) is 29.6 Å². The van der Waals surface area contributed by atoms with E-state index in [0.717, 1.165) is 11.6 Å². The molecular formula is C22H19F2N7O. The van der Waals surface area contributed by atoms with E-state index in [9.17, 15) is 13.6 Å². The zero-order valence-corrected chi connectivity index (χ0v) is 17.2. The van der Waals surface area contributed by atoms with E-state index in [0.29, 0.717) is 41.2 Å². The average molecular weight is 435 g/mol. The third-order valence-electron chi connectivity index (χ3n) is 5.39. The lowest BCUT2D eigenvalue weighted by atomic mass is 10.1. The van der Waals surface area contributed by atoms with Gasteiger partial charge in [0.2, 0.25) is 5.91 Å². The highest BCUT2D eigenvalue weighted by Crippen LogP contribution is 2.30. The molecule has 1 aliphatic rings. The number of hydrogen-bond donors (Lipinski definition) is 0. The molecule has 0 saturated carbocycles. The first-order valence-electron chi connectivity index (χ1n) is 10.1. The largest absolute Gasteiger partial charge is 0.293 e. The highest BCUT2D eigenvalue weighted by atomic mass is 19.1. The molecule has 1 saturated heterocycles. The number of hydrogen-bond acceptors (Lipinski definition) is 6. The average Bonchev–Trinajstić information content (AvgIpc) is 3.21. The van der Waals surface area contributed by atoms with Gasteiger partial charge in [0.25, 0.3) is 0 Å². The monoisotopic (exact) mass is 435 g/mol. The molecule has 5 rings (SSSR count). The number of amides is 1. The number of pyridine rings is 1. The highest BCUT2D eigenvalue weighted by Gasteiger charge is 2.29. The van der Waals surface area contributed by atoms with Crippen molar-refractivity contribution in [3.63, 3.8) is 0 Å². The molecule has 162 valence electrons. The first-order chi connectivity index (χ1) is 15.5. The fourth-order valence-electron chi connectivity index (χ4n) is 3.79. The van der Waals surface area contributed by atoms with Crippen LogP contribution < -0.4 is 4.90 Å². The van der Waals surface area contributed by atoms with Crippen molar-refractivity contribution in [3.8, 4) is 11.3 Å². The van der Waals surface area contributed by atoms with E-state index in [2.05, 4.69) is 10.1 Å². The molecule has 0 unspecified atom stereocenters. The Labute approximate surface area is 182 Å². The zero-order chi connectivity index (χ0) is 22.2. The zero-order valence-electron chi connectivity index (χ0n) is 17.2. The Morgan fingerprint density at radius 2 is 1.94 bits per heavy atom. The first-order valence-corrected chi connectivity index (χ1v) is 10.1. The molecule has 3 aromatic heterocycles. The maximum Gasteiger partial charge on any atom is 0.242 e. The molecule has 4 heterocycles. The van der Waals surface area contributed by atoms with Gasteiger partial charge in [0, 0.05) is 56.3 Å². The summed E-state index contributed by atoms with van der Waals surface area (Å²) in [5, 5.41) is 4.21. The number of rotatable bonds is 4. The quantitative estimate of drug-likeness (QED) is 0.490. The van der Waals surface area contributed by atoms with Gasteiger partial charge >= 0.3 is 0 Å². The topological polar surface area (TPSA) is 80.0 Å². The third-order valence-corrected chi connectivity index (χ3v) is 5.39. The van der Waals surface area contributed by atoms with Gasteiger partial charge in [-0.25, -0.2) is 18.7 Å². The van der Waals surface area contributed by atoms with Gasteiger partial charge in [0.1, 0.15) is 22.8 Å². The van der Waals surface area contributed by atoms with Crippen molar-refractivity contribution in [3.05, 3.63) is 66.3 Å². The number of carbonyl (C=O) groups excluding carboxylic acids is 1. The van der Waals surface area contributed by atoms with Crippen molar-refractivity contribution < 1.29 is 13.6 Å². The fourth-order valence-corrected chi connectivity index (χ4v) is 3.79. The lowest BCUT2D eigenvalue weighted by molar-refractivity contribution is -0.121. The van der Waals surface area contributed by atoms with Gasteiger partial charge in [-0.3, -0.25) is 24.3 Å². The summed E-state index contributed by atoms with van der Waals surface area (Å²) >= 11 is 0. The fraction of sp³-hybridized carbons (Fsp3) is 0.227. The van der Waals surface area contributed by atoms with Crippen molar-refractivity contribution in [2.24, 2.45) is 7.05 Å². The van der Waals surface area contributed by atoms with Crippen molar-refractivity contribution in [2.75, 3.05) is 24.5 Å². The SMILES string of the molecule is Cn1cc(-c2nc3cnccc3nc2N2CCN(Cc3ccc(F)cc3F)CC2=O)cn1. The number of nitrogens with zero attached hydrogens (tertiary/aromatic N) is 7. The Kier molecular flexibility index (Phi) is 5.06. The van der Waals surface area contributed by atoms with Gasteiger partial charge in [-0.05, 0) is 12.1 Å². The third kappa shape index (κ3) is 3.80. The van der Waals surface area contributed by atoms with Crippen LogP contribution in [0.4, 0.5) is 14.6 Å². The van der Waals surface area contributed by atoms with Crippen LogP contribution >= 0.6 is 0 Å². The maximum atomic E-state index is 14.0. The summed E-state index contributed by atoms with van der Waals surface area (Å²) in [5.41, 5.74) is 2.88. The highest BCUT2D eigenvalue weighted by molar-refractivity contribution is 5.98. The van der Waals surface area contributed by atoms with Crippen molar-refractivity contribution >= 4 is 22.8 Å². The Morgan fingerprint density at radius 3 is 2.69 bits per heavy atom. The summed E-state index contributed by atoms with van der Waals surface area (Å²) in [5.74, 6) is -0.964. The van der Waals surface area contributed by atoms with E-state index < -0.39 is 11.6 Å².